The second-order valence-electron chi connectivity index (χ2n) is 4.07. The van der Waals surface area contributed by atoms with Crippen molar-refractivity contribution < 1.29 is 0 Å². The van der Waals surface area contributed by atoms with Crippen LogP contribution in [0.4, 0.5) is 0 Å². The third-order valence-corrected chi connectivity index (χ3v) is 2.76. The molecule has 5 heteroatoms. The highest BCUT2D eigenvalue weighted by molar-refractivity contribution is 5.69. The molecule has 3 aromatic rings. The maximum absolute atomic E-state index is 12.0. The Morgan fingerprint density at radius 1 is 1.26 bits per heavy atom. The molecule has 0 saturated carbocycles. The van der Waals surface area contributed by atoms with E-state index in [0.29, 0.717) is 11.3 Å². The number of allylic oxidation sites excluding steroid dienone is 1. The van der Waals surface area contributed by atoms with Crippen LogP contribution in [0.25, 0.3) is 23.1 Å². The Labute approximate surface area is 109 Å². The summed E-state index contributed by atoms with van der Waals surface area (Å²) >= 11 is 0. The van der Waals surface area contributed by atoms with Crippen LogP contribution >= 0.6 is 0 Å². The smallest absolute Gasteiger partial charge is 0.288 e. The maximum atomic E-state index is 12.0. The molecule has 1 aromatic carbocycles. The molecule has 0 fully saturated rings. The van der Waals surface area contributed by atoms with Crippen molar-refractivity contribution >= 4 is 17.4 Å². The van der Waals surface area contributed by atoms with Gasteiger partial charge in [-0.2, -0.15) is 0 Å². The normalized spacial score (nSPS) is 11.4. The van der Waals surface area contributed by atoms with E-state index in [1.54, 1.807) is 6.20 Å². The average Bonchev–Trinajstić information content (AvgIpc) is 2.75. The molecule has 94 valence electrons. The lowest BCUT2D eigenvalue weighted by Gasteiger charge is -2.01. The van der Waals surface area contributed by atoms with Gasteiger partial charge >= 0.3 is 5.69 Å². The molecular formula is C14H12N4O. The van der Waals surface area contributed by atoms with Gasteiger partial charge in [0.15, 0.2) is 11.3 Å². The SMILES string of the molecule is C/C=C/c1cnc2[nH]c(=O)n(-c3ccccc3)c2n1. The van der Waals surface area contributed by atoms with Crippen molar-refractivity contribution in [1.29, 1.82) is 0 Å². The number of rotatable bonds is 2. The van der Waals surface area contributed by atoms with Crippen LogP contribution in [0.15, 0.2) is 47.4 Å². The molecule has 5 nitrogen and oxygen atoms in total. The number of benzene rings is 1. The van der Waals surface area contributed by atoms with Crippen LogP contribution in [0.3, 0.4) is 0 Å². The summed E-state index contributed by atoms with van der Waals surface area (Å²) in [6, 6.07) is 9.38. The summed E-state index contributed by atoms with van der Waals surface area (Å²) in [4.78, 5) is 23.4. The Morgan fingerprint density at radius 2 is 2.05 bits per heavy atom. The van der Waals surface area contributed by atoms with Crippen LogP contribution < -0.4 is 5.69 Å². The number of nitrogens with one attached hydrogen (secondary N) is 1. The minimum atomic E-state index is -0.237. The lowest BCUT2D eigenvalue weighted by molar-refractivity contribution is 0.999. The summed E-state index contributed by atoms with van der Waals surface area (Å²) in [5.74, 6) is 0. The fourth-order valence-electron chi connectivity index (χ4n) is 1.96. The zero-order chi connectivity index (χ0) is 13.2. The standard InChI is InChI=1S/C14H12N4O/c1-2-6-10-9-15-12-13(16-10)18(14(19)17-12)11-7-4-3-5-8-11/h2-9H,1H3,(H,15,17,19)/b6-2+. The molecule has 3 rings (SSSR count). The zero-order valence-electron chi connectivity index (χ0n) is 10.4. The van der Waals surface area contributed by atoms with E-state index in [2.05, 4.69) is 15.0 Å². The predicted molar refractivity (Wildman–Crippen MR) is 74.2 cm³/mol. The molecule has 0 spiro atoms. The monoisotopic (exact) mass is 252 g/mol. The molecule has 0 bridgehead atoms. The van der Waals surface area contributed by atoms with Crippen LogP contribution in [0.5, 0.6) is 0 Å². The van der Waals surface area contributed by atoms with Crippen molar-refractivity contribution in [2.24, 2.45) is 0 Å². The van der Waals surface area contributed by atoms with Gasteiger partial charge in [-0.3, -0.25) is 4.98 Å². The zero-order valence-corrected chi connectivity index (χ0v) is 10.4. The van der Waals surface area contributed by atoms with Gasteiger partial charge in [-0.25, -0.2) is 19.3 Å². The Morgan fingerprint density at radius 3 is 2.79 bits per heavy atom. The van der Waals surface area contributed by atoms with Crippen molar-refractivity contribution in [3.63, 3.8) is 0 Å². The largest absolute Gasteiger partial charge is 0.333 e. The first-order chi connectivity index (χ1) is 9.29. The second kappa shape index (κ2) is 4.53. The van der Waals surface area contributed by atoms with Crippen LogP contribution in [0.1, 0.15) is 12.6 Å². The Bertz CT molecular complexity index is 799. The summed E-state index contributed by atoms with van der Waals surface area (Å²) in [7, 11) is 0. The molecule has 0 amide bonds. The van der Waals surface area contributed by atoms with Gasteiger partial charge in [0.25, 0.3) is 0 Å². The molecule has 0 aliphatic rings. The molecule has 19 heavy (non-hydrogen) atoms. The van der Waals surface area contributed by atoms with Crippen molar-refractivity contribution in [2.45, 2.75) is 6.92 Å². The topological polar surface area (TPSA) is 63.6 Å². The van der Waals surface area contributed by atoms with E-state index in [0.717, 1.165) is 11.4 Å². The number of imidazole rings is 1. The predicted octanol–water partition coefficient (Wildman–Crippen LogP) is 2.14. The summed E-state index contributed by atoms with van der Waals surface area (Å²) in [6.07, 6.45) is 5.36. The van der Waals surface area contributed by atoms with Crippen LogP contribution in [-0.2, 0) is 0 Å². The molecule has 0 radical (unpaired) electrons. The summed E-state index contributed by atoms with van der Waals surface area (Å²) in [5.41, 5.74) is 2.28. The Hall–Kier alpha value is -2.69. The molecule has 0 unspecified atom stereocenters. The summed E-state index contributed by atoms with van der Waals surface area (Å²) in [5, 5.41) is 0. The minimum absolute atomic E-state index is 0.237. The minimum Gasteiger partial charge on any atom is -0.288 e. The van der Waals surface area contributed by atoms with Gasteiger partial charge in [0, 0.05) is 0 Å². The van der Waals surface area contributed by atoms with Gasteiger partial charge in [-0.05, 0) is 25.1 Å². The van der Waals surface area contributed by atoms with Crippen molar-refractivity contribution in [2.75, 3.05) is 0 Å². The number of aromatic amines is 1. The van der Waals surface area contributed by atoms with E-state index in [1.807, 2.05) is 49.4 Å². The molecule has 2 aromatic heterocycles. The fraction of sp³-hybridized carbons (Fsp3) is 0.0714. The van der Waals surface area contributed by atoms with E-state index in [4.69, 9.17) is 0 Å². The van der Waals surface area contributed by atoms with Gasteiger partial charge in [0.2, 0.25) is 0 Å². The Balaban J connectivity index is 2.32. The first-order valence-corrected chi connectivity index (χ1v) is 5.95. The second-order valence-corrected chi connectivity index (χ2v) is 4.07. The van der Waals surface area contributed by atoms with Gasteiger partial charge in [-0.1, -0.05) is 24.3 Å². The molecule has 0 saturated heterocycles. The number of nitrogens with zero attached hydrogens (tertiary/aromatic N) is 3. The average molecular weight is 252 g/mol. The van der Waals surface area contributed by atoms with Gasteiger partial charge in [-0.15, -0.1) is 0 Å². The summed E-state index contributed by atoms with van der Waals surface area (Å²) < 4.78 is 1.52. The number of hydrogen-bond acceptors (Lipinski definition) is 3. The number of hydrogen-bond donors (Lipinski definition) is 1. The van der Waals surface area contributed by atoms with E-state index >= 15 is 0 Å². The quantitative estimate of drug-likeness (QED) is 0.760. The van der Waals surface area contributed by atoms with Gasteiger partial charge in [0.1, 0.15) is 0 Å². The first kappa shape index (κ1) is 11.4. The number of fused-ring (bicyclic) bond motifs is 1. The first-order valence-electron chi connectivity index (χ1n) is 5.95. The molecule has 0 atom stereocenters. The third-order valence-electron chi connectivity index (χ3n) is 2.76. The Kier molecular flexibility index (Phi) is 2.72. The van der Waals surface area contributed by atoms with E-state index < -0.39 is 0 Å². The number of H-pyrrole nitrogens is 1. The van der Waals surface area contributed by atoms with Gasteiger partial charge < -0.3 is 0 Å². The van der Waals surface area contributed by atoms with Crippen molar-refractivity contribution in [3.8, 4) is 5.69 Å². The molecular weight excluding hydrogens is 240 g/mol. The fourth-order valence-corrected chi connectivity index (χ4v) is 1.96. The third kappa shape index (κ3) is 1.95. The number of aromatic nitrogens is 4. The van der Waals surface area contributed by atoms with Crippen LogP contribution in [0.2, 0.25) is 0 Å². The summed E-state index contributed by atoms with van der Waals surface area (Å²) in [6.45, 7) is 1.91. The van der Waals surface area contributed by atoms with Crippen LogP contribution in [-0.4, -0.2) is 19.5 Å². The highest BCUT2D eigenvalue weighted by Crippen LogP contribution is 2.12. The molecule has 1 N–H and O–H groups in total. The van der Waals surface area contributed by atoms with E-state index in [-0.39, 0.29) is 5.69 Å². The molecule has 0 aliphatic heterocycles. The maximum Gasteiger partial charge on any atom is 0.333 e. The highest BCUT2D eigenvalue weighted by Gasteiger charge is 2.10. The highest BCUT2D eigenvalue weighted by atomic mass is 16.1. The van der Waals surface area contributed by atoms with E-state index in [1.165, 1.54) is 4.57 Å². The van der Waals surface area contributed by atoms with Crippen molar-refractivity contribution in [3.05, 3.63) is 58.8 Å². The van der Waals surface area contributed by atoms with Crippen molar-refractivity contribution in [1.82, 2.24) is 19.5 Å². The molecule has 0 aliphatic carbocycles. The lowest BCUT2D eigenvalue weighted by atomic mass is 10.3. The van der Waals surface area contributed by atoms with Crippen LogP contribution in [0, 0.1) is 0 Å². The van der Waals surface area contributed by atoms with Gasteiger partial charge in [0.05, 0.1) is 17.6 Å². The number of para-hydroxylation sites is 1. The molecule has 2 heterocycles. The lowest BCUT2D eigenvalue weighted by Crippen LogP contribution is -2.14. The van der Waals surface area contributed by atoms with E-state index in [9.17, 15) is 4.79 Å².